The van der Waals surface area contributed by atoms with Gasteiger partial charge in [-0.3, -0.25) is 9.69 Å². The minimum atomic E-state index is -0.746. The molecule has 4 heteroatoms. The third-order valence-corrected chi connectivity index (χ3v) is 4.07. The second-order valence-corrected chi connectivity index (χ2v) is 5.79. The molecule has 2 rings (SSSR count). The molecule has 1 fully saturated rings. The van der Waals surface area contributed by atoms with E-state index >= 15 is 0 Å². The van der Waals surface area contributed by atoms with Gasteiger partial charge in [0.05, 0.1) is 0 Å². The van der Waals surface area contributed by atoms with Gasteiger partial charge in [-0.15, -0.1) is 0 Å². The van der Waals surface area contributed by atoms with Crippen molar-refractivity contribution >= 4 is 5.97 Å². The molecule has 2 unspecified atom stereocenters. The average Bonchev–Trinajstić information content (AvgIpc) is 2.83. The molecule has 1 aliphatic heterocycles. The summed E-state index contributed by atoms with van der Waals surface area (Å²) in [5.74, 6) is -0.266. The molecule has 0 radical (unpaired) electrons. The van der Waals surface area contributed by atoms with Gasteiger partial charge in [-0.2, -0.15) is 0 Å². The predicted octanol–water partition coefficient (Wildman–Crippen LogP) is 1.88. The molecule has 20 heavy (non-hydrogen) atoms. The number of hydrogen-bond acceptors (Lipinski definition) is 3. The Morgan fingerprint density at radius 2 is 2.35 bits per heavy atom. The van der Waals surface area contributed by atoms with E-state index in [2.05, 4.69) is 41.4 Å². The topological polar surface area (TPSA) is 52.6 Å². The fraction of sp³-hybridized carbons (Fsp3) is 0.562. The Kier molecular flexibility index (Phi) is 5.15. The van der Waals surface area contributed by atoms with Crippen LogP contribution >= 0.6 is 0 Å². The number of carboxylic acid groups (broad SMARTS) is 1. The van der Waals surface area contributed by atoms with Crippen molar-refractivity contribution in [2.24, 2.45) is 5.92 Å². The van der Waals surface area contributed by atoms with E-state index in [9.17, 15) is 4.79 Å². The van der Waals surface area contributed by atoms with Crippen LogP contribution in [0.4, 0.5) is 0 Å². The highest BCUT2D eigenvalue weighted by Crippen LogP contribution is 2.23. The van der Waals surface area contributed by atoms with Crippen molar-refractivity contribution in [3.05, 3.63) is 35.4 Å². The number of likely N-dealkylation sites (N-methyl/N-ethyl adjacent to an activating group) is 1. The van der Waals surface area contributed by atoms with Crippen LogP contribution in [0.1, 0.15) is 24.0 Å². The van der Waals surface area contributed by atoms with Crippen molar-refractivity contribution in [2.75, 3.05) is 20.1 Å². The van der Waals surface area contributed by atoms with Gasteiger partial charge in [0.25, 0.3) is 0 Å². The Labute approximate surface area is 120 Å². The number of nitrogens with zero attached hydrogens (tertiary/aromatic N) is 1. The van der Waals surface area contributed by atoms with E-state index in [1.807, 2.05) is 0 Å². The smallest absolute Gasteiger partial charge is 0.320 e. The molecule has 0 spiro atoms. The first kappa shape index (κ1) is 15.0. The Balaban J connectivity index is 1.84. The second kappa shape index (κ2) is 6.86. The molecule has 1 aromatic carbocycles. The van der Waals surface area contributed by atoms with Gasteiger partial charge < -0.3 is 10.4 Å². The maximum absolute atomic E-state index is 11.1. The molecule has 110 valence electrons. The maximum atomic E-state index is 11.1. The zero-order valence-corrected chi connectivity index (χ0v) is 12.3. The lowest BCUT2D eigenvalue weighted by molar-refractivity contribution is -0.139. The first-order chi connectivity index (χ1) is 9.58. The van der Waals surface area contributed by atoms with Crippen LogP contribution in [0.5, 0.6) is 0 Å². The van der Waals surface area contributed by atoms with Crippen molar-refractivity contribution in [3.63, 3.8) is 0 Å². The Bertz CT molecular complexity index is 462. The number of aryl methyl sites for hydroxylation is 1. The van der Waals surface area contributed by atoms with Gasteiger partial charge in [-0.05, 0) is 44.8 Å². The summed E-state index contributed by atoms with van der Waals surface area (Å²) in [6, 6.07) is 8.17. The standard InChI is InChI=1S/C16H24N2O2/c1-12-4-3-5-13(8-12)10-18-7-6-14(11-18)9-15(17-2)16(19)20/h3-5,8,14-15,17H,6-7,9-11H2,1-2H3,(H,19,20). The number of likely N-dealkylation sites (tertiary alicyclic amines) is 1. The molecule has 0 amide bonds. The van der Waals surface area contributed by atoms with Crippen LogP contribution in [0.2, 0.25) is 0 Å². The van der Waals surface area contributed by atoms with Gasteiger partial charge in [0.2, 0.25) is 0 Å². The molecule has 0 aliphatic carbocycles. The van der Waals surface area contributed by atoms with E-state index in [1.165, 1.54) is 11.1 Å². The normalized spacial score (nSPS) is 21.0. The molecule has 0 bridgehead atoms. The summed E-state index contributed by atoms with van der Waals surface area (Å²) >= 11 is 0. The summed E-state index contributed by atoms with van der Waals surface area (Å²) < 4.78 is 0. The van der Waals surface area contributed by atoms with Crippen LogP contribution in [0.25, 0.3) is 0 Å². The van der Waals surface area contributed by atoms with E-state index in [1.54, 1.807) is 7.05 Å². The number of benzene rings is 1. The zero-order chi connectivity index (χ0) is 14.5. The number of aliphatic carboxylic acids is 1. The van der Waals surface area contributed by atoms with Crippen LogP contribution in [0.3, 0.4) is 0 Å². The first-order valence-corrected chi connectivity index (χ1v) is 7.26. The Morgan fingerprint density at radius 1 is 1.55 bits per heavy atom. The molecule has 1 heterocycles. The lowest BCUT2D eigenvalue weighted by Crippen LogP contribution is -2.36. The number of hydrogen-bond donors (Lipinski definition) is 2. The van der Waals surface area contributed by atoms with Crippen LogP contribution in [-0.4, -0.2) is 42.2 Å². The lowest BCUT2D eigenvalue weighted by Gasteiger charge is -2.18. The molecule has 2 atom stereocenters. The van der Waals surface area contributed by atoms with Crippen LogP contribution in [0, 0.1) is 12.8 Å². The highest BCUT2D eigenvalue weighted by molar-refractivity contribution is 5.73. The molecule has 0 aromatic heterocycles. The highest BCUT2D eigenvalue weighted by atomic mass is 16.4. The Morgan fingerprint density at radius 3 is 3.00 bits per heavy atom. The molecule has 0 saturated carbocycles. The minimum Gasteiger partial charge on any atom is -0.480 e. The summed E-state index contributed by atoms with van der Waals surface area (Å²) in [5.41, 5.74) is 2.63. The van der Waals surface area contributed by atoms with Crippen LogP contribution < -0.4 is 5.32 Å². The fourth-order valence-corrected chi connectivity index (χ4v) is 2.99. The molecule has 1 saturated heterocycles. The van der Waals surface area contributed by atoms with Gasteiger partial charge in [0, 0.05) is 13.1 Å². The summed E-state index contributed by atoms with van der Waals surface area (Å²) in [6.45, 7) is 5.14. The predicted molar refractivity (Wildman–Crippen MR) is 79.7 cm³/mol. The van der Waals surface area contributed by atoms with Gasteiger partial charge in [0.15, 0.2) is 0 Å². The maximum Gasteiger partial charge on any atom is 0.320 e. The molecule has 2 N–H and O–H groups in total. The van der Waals surface area contributed by atoms with E-state index < -0.39 is 12.0 Å². The molecular weight excluding hydrogens is 252 g/mol. The summed E-state index contributed by atoms with van der Waals surface area (Å²) in [4.78, 5) is 13.5. The van der Waals surface area contributed by atoms with E-state index in [0.29, 0.717) is 5.92 Å². The highest BCUT2D eigenvalue weighted by Gasteiger charge is 2.27. The van der Waals surface area contributed by atoms with Gasteiger partial charge >= 0.3 is 5.97 Å². The molecule has 4 nitrogen and oxygen atoms in total. The van der Waals surface area contributed by atoms with Crippen molar-refractivity contribution in [1.29, 1.82) is 0 Å². The monoisotopic (exact) mass is 276 g/mol. The Hall–Kier alpha value is -1.39. The third-order valence-electron chi connectivity index (χ3n) is 4.07. The number of nitrogens with one attached hydrogen (secondary N) is 1. The van der Waals surface area contributed by atoms with Gasteiger partial charge in [-0.1, -0.05) is 29.8 Å². The van der Waals surface area contributed by atoms with Gasteiger partial charge in [-0.25, -0.2) is 0 Å². The van der Waals surface area contributed by atoms with Crippen molar-refractivity contribution in [3.8, 4) is 0 Å². The molecular formula is C16H24N2O2. The van der Waals surface area contributed by atoms with E-state index in [0.717, 1.165) is 32.5 Å². The number of rotatable bonds is 6. The minimum absolute atomic E-state index is 0.418. The van der Waals surface area contributed by atoms with Crippen LogP contribution in [0.15, 0.2) is 24.3 Å². The molecule has 1 aromatic rings. The number of carboxylic acids is 1. The zero-order valence-electron chi connectivity index (χ0n) is 12.3. The van der Waals surface area contributed by atoms with E-state index in [4.69, 9.17) is 5.11 Å². The summed E-state index contributed by atoms with van der Waals surface area (Å²) in [6.07, 6.45) is 1.81. The summed E-state index contributed by atoms with van der Waals surface area (Å²) in [5, 5.41) is 12.0. The largest absolute Gasteiger partial charge is 0.480 e. The van der Waals surface area contributed by atoms with Crippen LogP contribution in [-0.2, 0) is 11.3 Å². The fourth-order valence-electron chi connectivity index (χ4n) is 2.99. The van der Waals surface area contributed by atoms with Crippen molar-refractivity contribution in [2.45, 2.75) is 32.4 Å². The van der Waals surface area contributed by atoms with Crippen molar-refractivity contribution in [1.82, 2.24) is 10.2 Å². The SMILES string of the molecule is CNC(CC1CCN(Cc2cccc(C)c2)C1)C(=O)O. The third kappa shape index (κ3) is 4.05. The number of carbonyl (C=O) groups is 1. The lowest BCUT2D eigenvalue weighted by atomic mass is 9.99. The first-order valence-electron chi connectivity index (χ1n) is 7.26. The second-order valence-electron chi connectivity index (χ2n) is 5.79. The quantitative estimate of drug-likeness (QED) is 0.833. The van der Waals surface area contributed by atoms with Gasteiger partial charge in [0.1, 0.15) is 6.04 Å². The van der Waals surface area contributed by atoms with Crippen molar-refractivity contribution < 1.29 is 9.90 Å². The summed E-state index contributed by atoms with van der Waals surface area (Å²) in [7, 11) is 1.72. The average molecular weight is 276 g/mol. The van der Waals surface area contributed by atoms with E-state index in [-0.39, 0.29) is 0 Å². The molecule has 1 aliphatic rings.